The average molecular weight is 397 g/mol. The third kappa shape index (κ3) is 8.15. The predicted molar refractivity (Wildman–Crippen MR) is 109 cm³/mol. The molecule has 1 aromatic rings. The molecule has 7 nitrogen and oxygen atoms in total. The highest BCUT2D eigenvalue weighted by atomic mass is 35.5. The maximum absolute atomic E-state index is 12.0. The van der Waals surface area contributed by atoms with Gasteiger partial charge in [0.05, 0.1) is 23.4 Å². The summed E-state index contributed by atoms with van der Waals surface area (Å²) >= 11 is 6.13. The van der Waals surface area contributed by atoms with E-state index in [2.05, 4.69) is 20.9 Å². The second kappa shape index (κ2) is 11.8. The number of hydrogen-bond acceptors (Lipinski definition) is 4. The molecule has 0 aromatic heterocycles. The molecule has 150 valence electrons. The van der Waals surface area contributed by atoms with Crippen LogP contribution >= 0.6 is 11.6 Å². The lowest BCUT2D eigenvalue weighted by Crippen LogP contribution is -2.39. The van der Waals surface area contributed by atoms with Gasteiger partial charge in [-0.15, -0.1) is 0 Å². The number of rotatable bonds is 9. The molecule has 27 heavy (non-hydrogen) atoms. The molecule has 2 rings (SSSR count). The Labute approximate surface area is 165 Å². The number of halogens is 1. The molecule has 1 aliphatic rings. The van der Waals surface area contributed by atoms with Crippen molar-refractivity contribution in [2.75, 3.05) is 45.3 Å². The summed E-state index contributed by atoms with van der Waals surface area (Å²) in [5, 5.41) is 9.69. The van der Waals surface area contributed by atoms with Gasteiger partial charge in [0, 0.05) is 39.8 Å². The molecule has 1 heterocycles. The van der Waals surface area contributed by atoms with E-state index in [1.54, 1.807) is 7.05 Å². The third-order valence-corrected chi connectivity index (χ3v) is 4.43. The van der Waals surface area contributed by atoms with Crippen LogP contribution in [0.4, 0.5) is 5.69 Å². The van der Waals surface area contributed by atoms with E-state index in [0.717, 1.165) is 31.6 Å². The van der Waals surface area contributed by atoms with Crippen molar-refractivity contribution in [1.82, 2.24) is 10.6 Å². The van der Waals surface area contributed by atoms with Crippen molar-refractivity contribution < 1.29 is 14.3 Å². The summed E-state index contributed by atoms with van der Waals surface area (Å²) in [7, 11) is 1.70. The van der Waals surface area contributed by atoms with E-state index < -0.39 is 0 Å². The van der Waals surface area contributed by atoms with Gasteiger partial charge in [-0.05, 0) is 37.5 Å². The highest BCUT2D eigenvalue weighted by Gasteiger charge is 2.15. The fourth-order valence-electron chi connectivity index (χ4n) is 2.62. The zero-order chi connectivity index (χ0) is 19.5. The summed E-state index contributed by atoms with van der Waals surface area (Å²) in [6.45, 7) is 5.37. The molecule has 0 saturated carbocycles. The van der Waals surface area contributed by atoms with Crippen LogP contribution < -0.4 is 16.0 Å². The largest absolute Gasteiger partial charge is 0.379 e. The van der Waals surface area contributed by atoms with Crippen molar-refractivity contribution in [3.63, 3.8) is 0 Å². The molecular formula is C19H29ClN4O3. The Morgan fingerprint density at radius 3 is 2.89 bits per heavy atom. The molecular weight excluding hydrogens is 368 g/mol. The Bertz CT molecular complexity index is 633. The number of ether oxygens (including phenoxy) is 2. The Morgan fingerprint density at radius 1 is 1.37 bits per heavy atom. The van der Waals surface area contributed by atoms with Gasteiger partial charge in [-0.25, -0.2) is 0 Å². The minimum Gasteiger partial charge on any atom is -0.379 e. The first-order chi connectivity index (χ1) is 13.1. The molecule has 1 aliphatic heterocycles. The summed E-state index contributed by atoms with van der Waals surface area (Å²) < 4.78 is 11.0. The van der Waals surface area contributed by atoms with Crippen LogP contribution in [0.1, 0.15) is 24.8 Å². The van der Waals surface area contributed by atoms with E-state index >= 15 is 0 Å². The van der Waals surface area contributed by atoms with Gasteiger partial charge in [-0.3, -0.25) is 9.79 Å². The highest BCUT2D eigenvalue weighted by molar-refractivity contribution is 6.33. The highest BCUT2D eigenvalue weighted by Crippen LogP contribution is 2.22. The average Bonchev–Trinajstić information content (AvgIpc) is 3.16. The quantitative estimate of drug-likeness (QED) is 0.339. The first kappa shape index (κ1) is 21.5. The normalized spacial score (nSPS) is 17.0. The number of amides is 1. The van der Waals surface area contributed by atoms with Crippen LogP contribution in [0.25, 0.3) is 0 Å². The van der Waals surface area contributed by atoms with Gasteiger partial charge in [0.1, 0.15) is 0 Å². The zero-order valence-corrected chi connectivity index (χ0v) is 16.8. The van der Waals surface area contributed by atoms with Crippen LogP contribution in [0.5, 0.6) is 0 Å². The summed E-state index contributed by atoms with van der Waals surface area (Å²) in [5.74, 6) is 0.566. The molecule has 0 spiro atoms. The molecule has 1 aromatic carbocycles. The number of carbonyl (C=O) groups excluding carboxylic acids is 1. The maximum Gasteiger partial charge on any atom is 0.226 e. The molecule has 8 heteroatoms. The molecule has 0 radical (unpaired) electrons. The first-order valence-corrected chi connectivity index (χ1v) is 9.66. The van der Waals surface area contributed by atoms with Crippen molar-refractivity contribution in [3.05, 3.63) is 28.8 Å². The minimum atomic E-state index is -0.101. The van der Waals surface area contributed by atoms with Gasteiger partial charge >= 0.3 is 0 Å². The summed E-state index contributed by atoms with van der Waals surface area (Å²) in [4.78, 5) is 16.2. The van der Waals surface area contributed by atoms with Gasteiger partial charge in [-0.1, -0.05) is 17.7 Å². The maximum atomic E-state index is 12.0. The number of carbonyl (C=O) groups is 1. The molecule has 1 fully saturated rings. The van der Waals surface area contributed by atoms with Gasteiger partial charge in [0.25, 0.3) is 0 Å². The molecule has 0 bridgehead atoms. The molecule has 1 saturated heterocycles. The van der Waals surface area contributed by atoms with E-state index in [9.17, 15) is 4.79 Å². The first-order valence-electron chi connectivity index (χ1n) is 9.28. The summed E-state index contributed by atoms with van der Waals surface area (Å²) in [5.41, 5.74) is 1.68. The monoisotopic (exact) mass is 396 g/mol. The Hall–Kier alpha value is -1.83. The molecule has 0 aliphatic carbocycles. The van der Waals surface area contributed by atoms with Crippen LogP contribution in [0.15, 0.2) is 23.2 Å². The molecule has 3 N–H and O–H groups in total. The number of benzene rings is 1. The smallest absolute Gasteiger partial charge is 0.226 e. The van der Waals surface area contributed by atoms with Gasteiger partial charge in [-0.2, -0.15) is 0 Å². The van der Waals surface area contributed by atoms with Crippen LogP contribution in [-0.4, -0.2) is 57.9 Å². The lowest BCUT2D eigenvalue weighted by atomic mass is 10.2. The molecule has 1 amide bonds. The number of hydrogen-bond donors (Lipinski definition) is 3. The van der Waals surface area contributed by atoms with E-state index in [-0.39, 0.29) is 12.0 Å². The topological polar surface area (TPSA) is 84.0 Å². The number of nitrogens with one attached hydrogen (secondary N) is 3. The Balaban J connectivity index is 1.57. The van der Waals surface area contributed by atoms with Gasteiger partial charge in [0.15, 0.2) is 5.96 Å². The van der Waals surface area contributed by atoms with E-state index in [1.807, 2.05) is 25.1 Å². The van der Waals surface area contributed by atoms with E-state index in [0.29, 0.717) is 42.8 Å². The van der Waals surface area contributed by atoms with Crippen LogP contribution in [-0.2, 0) is 14.3 Å². The van der Waals surface area contributed by atoms with Crippen molar-refractivity contribution in [3.8, 4) is 0 Å². The fourth-order valence-corrected chi connectivity index (χ4v) is 2.90. The lowest BCUT2D eigenvalue weighted by Gasteiger charge is -2.13. The van der Waals surface area contributed by atoms with Crippen molar-refractivity contribution >= 4 is 29.2 Å². The van der Waals surface area contributed by atoms with Crippen molar-refractivity contribution in [1.29, 1.82) is 0 Å². The number of anilines is 1. The van der Waals surface area contributed by atoms with Gasteiger partial charge in [0.2, 0.25) is 5.91 Å². The van der Waals surface area contributed by atoms with Crippen molar-refractivity contribution in [2.24, 2.45) is 4.99 Å². The predicted octanol–water partition coefficient (Wildman–Crippen LogP) is 2.34. The third-order valence-electron chi connectivity index (χ3n) is 4.12. The van der Waals surface area contributed by atoms with Crippen LogP contribution in [0.2, 0.25) is 5.02 Å². The van der Waals surface area contributed by atoms with E-state index in [4.69, 9.17) is 21.1 Å². The Morgan fingerprint density at radius 2 is 2.19 bits per heavy atom. The minimum absolute atomic E-state index is 0.101. The number of nitrogens with zero attached hydrogens (tertiary/aromatic N) is 1. The van der Waals surface area contributed by atoms with Crippen LogP contribution in [0.3, 0.4) is 0 Å². The summed E-state index contributed by atoms with van der Waals surface area (Å²) in [6.07, 6.45) is 2.41. The number of aryl methyl sites for hydroxylation is 1. The number of guanidine groups is 1. The van der Waals surface area contributed by atoms with Crippen LogP contribution in [0, 0.1) is 6.92 Å². The van der Waals surface area contributed by atoms with Gasteiger partial charge < -0.3 is 25.4 Å². The SMILES string of the molecule is CN=C(NCCCOC1CCOC1)NCCC(=O)Nc1ccc(C)cc1Cl. The zero-order valence-electron chi connectivity index (χ0n) is 16.0. The fraction of sp³-hybridized carbons (Fsp3) is 0.579. The molecule has 1 unspecified atom stereocenters. The second-order valence-electron chi connectivity index (χ2n) is 6.42. The van der Waals surface area contributed by atoms with Crippen molar-refractivity contribution in [2.45, 2.75) is 32.3 Å². The number of aliphatic imine (C=N–C) groups is 1. The van der Waals surface area contributed by atoms with E-state index in [1.165, 1.54) is 0 Å². The lowest BCUT2D eigenvalue weighted by molar-refractivity contribution is -0.116. The second-order valence-corrected chi connectivity index (χ2v) is 6.82. The standard InChI is InChI=1S/C19H29ClN4O3/c1-14-4-5-17(16(20)12-14)24-18(25)6-9-23-19(21-2)22-8-3-10-27-15-7-11-26-13-15/h4-5,12,15H,3,6-11,13H2,1-2H3,(H,24,25)(H2,21,22,23). The summed E-state index contributed by atoms with van der Waals surface area (Å²) in [6, 6.07) is 5.54. The molecule has 1 atom stereocenters. The Kier molecular flexibility index (Phi) is 9.38.